The van der Waals surface area contributed by atoms with E-state index in [1.807, 2.05) is 0 Å². The predicted octanol–water partition coefficient (Wildman–Crippen LogP) is 3.35. The van der Waals surface area contributed by atoms with Crippen LogP contribution in [-0.4, -0.2) is 31.3 Å². The van der Waals surface area contributed by atoms with E-state index in [4.69, 9.17) is 10.5 Å². The van der Waals surface area contributed by atoms with Gasteiger partial charge in [-0.1, -0.05) is 32.6 Å². The van der Waals surface area contributed by atoms with E-state index in [1.54, 1.807) is 6.07 Å². The van der Waals surface area contributed by atoms with Crippen LogP contribution < -0.4 is 16.0 Å². The number of carbonyl (C=O) groups excluding carboxylic acids is 1. The van der Waals surface area contributed by atoms with E-state index in [1.165, 1.54) is 63.0 Å². The monoisotopic (exact) mass is 351 g/mol. The lowest BCUT2D eigenvalue weighted by Gasteiger charge is -1.98. The fourth-order valence-corrected chi connectivity index (χ4v) is 3.02. The molecule has 132 valence electrons. The van der Waals surface area contributed by atoms with Crippen LogP contribution in [0.1, 0.15) is 48.7 Å². The van der Waals surface area contributed by atoms with Crippen molar-refractivity contribution in [3.63, 3.8) is 0 Å². The van der Waals surface area contributed by atoms with E-state index in [0.717, 1.165) is 18.2 Å². The lowest BCUT2D eigenvalue weighted by atomic mass is 10.2. The van der Waals surface area contributed by atoms with Gasteiger partial charge in [0.1, 0.15) is 10.6 Å². The van der Waals surface area contributed by atoms with Gasteiger partial charge in [-0.2, -0.15) is 0 Å². The molecule has 2 aromatic rings. The first-order chi connectivity index (χ1) is 11.7. The number of nitrogens with zero attached hydrogens (tertiary/aromatic N) is 1. The van der Waals surface area contributed by atoms with Gasteiger partial charge in [0.05, 0.1) is 23.7 Å². The molecule has 2 aromatic heterocycles. The van der Waals surface area contributed by atoms with E-state index in [0.29, 0.717) is 15.5 Å². The Kier molecular flexibility index (Phi) is 9.45. The molecule has 0 radical (unpaired) electrons. The van der Waals surface area contributed by atoms with Crippen molar-refractivity contribution in [1.29, 1.82) is 0 Å². The van der Waals surface area contributed by atoms with Crippen molar-refractivity contribution in [3.05, 3.63) is 27.4 Å². The zero-order valence-corrected chi connectivity index (χ0v) is 15.0. The highest BCUT2D eigenvalue weighted by molar-refractivity contribution is 7.20. The molecule has 2 rings (SSSR count). The number of aldehydes is 1. The van der Waals surface area contributed by atoms with Crippen LogP contribution in [0, 0.1) is 0 Å². The Labute approximate surface area is 145 Å². The molecular weight excluding hydrogens is 326 g/mol. The van der Waals surface area contributed by atoms with Gasteiger partial charge in [-0.3, -0.25) is 14.6 Å². The third-order valence-corrected chi connectivity index (χ3v) is 4.32. The molecule has 0 spiro atoms. The molecule has 24 heavy (non-hydrogen) atoms. The van der Waals surface area contributed by atoms with Crippen molar-refractivity contribution in [2.45, 2.75) is 39.0 Å². The summed E-state index contributed by atoms with van der Waals surface area (Å²) in [4.78, 5) is 29.5. The number of hydrogen-bond acceptors (Lipinski definition) is 5. The van der Waals surface area contributed by atoms with Gasteiger partial charge < -0.3 is 15.5 Å². The number of thiophene rings is 1. The molecule has 0 aliphatic heterocycles. The molecule has 0 aromatic carbocycles. The quantitative estimate of drug-likeness (QED) is 0.330. The minimum Gasteiger partial charge on any atom is -0.496 e. The minimum absolute atomic E-state index is 0.228. The third-order valence-electron chi connectivity index (χ3n) is 3.35. The van der Waals surface area contributed by atoms with Gasteiger partial charge in [0.2, 0.25) is 0 Å². The van der Waals surface area contributed by atoms with Crippen LogP contribution in [0.25, 0.3) is 10.2 Å². The van der Waals surface area contributed by atoms with Crippen molar-refractivity contribution in [2.24, 2.45) is 10.7 Å². The van der Waals surface area contributed by atoms with E-state index >= 15 is 0 Å². The summed E-state index contributed by atoms with van der Waals surface area (Å²) < 4.78 is 5.04. The Morgan fingerprint density at radius 3 is 2.67 bits per heavy atom. The average Bonchev–Trinajstić information content (AvgIpc) is 3.01. The molecule has 3 N–H and O–H groups in total. The normalized spacial score (nSPS) is 10.6. The lowest BCUT2D eigenvalue weighted by Crippen LogP contribution is -2.03. The second kappa shape index (κ2) is 11.4. The molecule has 2 heterocycles. The number of nitrogens with two attached hydrogens (primary N) is 1. The molecule has 7 heteroatoms. The number of carbonyl (C=O) groups is 1. The van der Waals surface area contributed by atoms with Crippen molar-refractivity contribution < 1.29 is 9.53 Å². The van der Waals surface area contributed by atoms with Crippen molar-refractivity contribution in [3.8, 4) is 5.75 Å². The summed E-state index contributed by atoms with van der Waals surface area (Å²) in [6.07, 6.45) is 8.63. The summed E-state index contributed by atoms with van der Waals surface area (Å²) in [5.74, 6) is 0.494. The average molecular weight is 351 g/mol. The number of rotatable bonds is 8. The fourth-order valence-electron chi connectivity index (χ4n) is 2.14. The lowest BCUT2D eigenvalue weighted by molar-refractivity contribution is 0.112. The SMILES string of the molecule is CCCCCCCN=CN.COc1cc(=O)[nH]c2sc(C=O)cc12. The largest absolute Gasteiger partial charge is 0.496 e. The maximum atomic E-state index is 11.1. The summed E-state index contributed by atoms with van der Waals surface area (Å²) in [5, 5.41) is 0.763. The molecule has 0 unspecified atom stereocenters. The van der Waals surface area contributed by atoms with Gasteiger partial charge in [0, 0.05) is 12.6 Å². The summed E-state index contributed by atoms with van der Waals surface area (Å²) in [6, 6.07) is 3.06. The number of hydrogen-bond donors (Lipinski definition) is 2. The van der Waals surface area contributed by atoms with Crippen LogP contribution in [0.4, 0.5) is 0 Å². The Bertz CT molecular complexity index is 707. The minimum atomic E-state index is -0.228. The van der Waals surface area contributed by atoms with Crippen LogP contribution in [0.3, 0.4) is 0 Å². The maximum Gasteiger partial charge on any atom is 0.252 e. The second-order valence-electron chi connectivity index (χ2n) is 5.18. The van der Waals surface area contributed by atoms with Crippen LogP contribution in [0.5, 0.6) is 5.75 Å². The molecule has 6 nitrogen and oxygen atoms in total. The number of aromatic nitrogens is 1. The number of methoxy groups -OCH3 is 1. The summed E-state index contributed by atoms with van der Waals surface area (Å²) in [7, 11) is 1.49. The van der Waals surface area contributed by atoms with Crippen molar-refractivity contribution in [1.82, 2.24) is 4.98 Å². The Morgan fingerprint density at radius 2 is 2.04 bits per heavy atom. The van der Waals surface area contributed by atoms with E-state index in [-0.39, 0.29) is 5.56 Å². The van der Waals surface area contributed by atoms with E-state index in [9.17, 15) is 9.59 Å². The van der Waals surface area contributed by atoms with Gasteiger partial charge in [0.25, 0.3) is 5.56 Å². The summed E-state index contributed by atoms with van der Waals surface area (Å²) in [5.41, 5.74) is 4.85. The zero-order valence-electron chi connectivity index (χ0n) is 14.2. The maximum absolute atomic E-state index is 11.1. The summed E-state index contributed by atoms with van der Waals surface area (Å²) >= 11 is 1.24. The Morgan fingerprint density at radius 1 is 1.29 bits per heavy atom. The molecule has 0 aliphatic rings. The number of fused-ring (bicyclic) bond motifs is 1. The molecule has 0 fully saturated rings. The Balaban J connectivity index is 0.000000257. The molecule has 0 aliphatic carbocycles. The fraction of sp³-hybridized carbons (Fsp3) is 0.471. The molecule has 0 amide bonds. The van der Waals surface area contributed by atoms with Crippen molar-refractivity contribution in [2.75, 3.05) is 13.7 Å². The Hall–Kier alpha value is -2.15. The smallest absolute Gasteiger partial charge is 0.252 e. The highest BCUT2D eigenvalue weighted by atomic mass is 32.1. The summed E-state index contributed by atoms with van der Waals surface area (Å²) in [6.45, 7) is 3.12. The van der Waals surface area contributed by atoms with Crippen LogP contribution in [-0.2, 0) is 0 Å². The van der Waals surface area contributed by atoms with Crippen LogP contribution in [0.2, 0.25) is 0 Å². The topological polar surface area (TPSA) is 97.5 Å². The number of pyridine rings is 1. The standard InChI is InChI=1S/C9H7NO3S.C8H18N2/c1-13-7-3-8(12)10-9-6(7)2-5(4-11)14-9;1-2-3-4-5-6-7-10-8-9/h2-4H,1H3,(H,10,12);8H,2-7H2,1H3,(H2,9,10). The first-order valence-electron chi connectivity index (χ1n) is 8.02. The predicted molar refractivity (Wildman–Crippen MR) is 101 cm³/mol. The number of aliphatic imine (C=N–C) groups is 1. The van der Waals surface area contributed by atoms with Crippen LogP contribution >= 0.6 is 11.3 Å². The van der Waals surface area contributed by atoms with Gasteiger partial charge in [-0.25, -0.2) is 0 Å². The van der Waals surface area contributed by atoms with Crippen molar-refractivity contribution >= 4 is 34.2 Å². The molecule has 0 saturated carbocycles. The third kappa shape index (κ3) is 6.54. The van der Waals surface area contributed by atoms with Crippen LogP contribution in [0.15, 0.2) is 21.9 Å². The highest BCUT2D eigenvalue weighted by Crippen LogP contribution is 2.28. The van der Waals surface area contributed by atoms with Gasteiger partial charge in [-0.05, 0) is 12.5 Å². The zero-order chi connectivity index (χ0) is 17.8. The first-order valence-corrected chi connectivity index (χ1v) is 8.84. The molecular formula is C17H25N3O3S. The number of aromatic amines is 1. The number of ether oxygens (including phenoxy) is 1. The van der Waals surface area contributed by atoms with Gasteiger partial charge in [-0.15, -0.1) is 11.3 Å². The first kappa shape index (κ1) is 19.9. The second-order valence-corrected chi connectivity index (χ2v) is 6.26. The van der Waals surface area contributed by atoms with Gasteiger partial charge >= 0.3 is 0 Å². The number of H-pyrrole nitrogens is 1. The number of nitrogens with one attached hydrogen (secondary N) is 1. The number of unbranched alkanes of at least 4 members (excludes halogenated alkanes) is 4. The molecule has 0 saturated heterocycles. The van der Waals surface area contributed by atoms with E-state index in [2.05, 4.69) is 16.9 Å². The molecule has 0 atom stereocenters. The highest BCUT2D eigenvalue weighted by Gasteiger charge is 2.07. The molecule has 0 bridgehead atoms. The van der Waals surface area contributed by atoms with E-state index < -0.39 is 0 Å². The van der Waals surface area contributed by atoms with Gasteiger partial charge in [0.15, 0.2) is 6.29 Å².